The fourth-order valence-electron chi connectivity index (χ4n) is 3.25. The first-order valence-corrected chi connectivity index (χ1v) is 8.79. The Labute approximate surface area is 156 Å². The fourth-order valence-corrected chi connectivity index (χ4v) is 3.25. The van der Waals surface area contributed by atoms with Crippen molar-refractivity contribution in [3.63, 3.8) is 0 Å². The number of ether oxygens (including phenoxy) is 1. The Kier molecular flexibility index (Phi) is 5.22. The summed E-state index contributed by atoms with van der Waals surface area (Å²) in [6, 6.07) is 12.5. The lowest BCUT2D eigenvalue weighted by atomic mass is 9.64. The summed E-state index contributed by atoms with van der Waals surface area (Å²) in [5.41, 5.74) is 0.401. The summed E-state index contributed by atoms with van der Waals surface area (Å²) in [7, 11) is 0. The van der Waals surface area contributed by atoms with E-state index in [1.165, 1.54) is 18.2 Å². The van der Waals surface area contributed by atoms with E-state index >= 15 is 0 Å². The van der Waals surface area contributed by atoms with Crippen LogP contribution in [-0.2, 0) is 14.9 Å². The van der Waals surface area contributed by atoms with Gasteiger partial charge in [-0.25, -0.2) is 4.39 Å². The first-order valence-electron chi connectivity index (χ1n) is 8.79. The number of rotatable bonds is 5. The molecule has 0 aromatic heterocycles. The molecule has 0 aliphatic heterocycles. The molecule has 5 nitrogen and oxygen atoms in total. The third kappa shape index (κ3) is 3.54. The molecule has 1 amide bonds. The standard InChI is InChI=1S/C21H19FN2O3/c1-2-27-20(26)21(9-4-10-21)16-7-8-18(17(22)12-16)24-19(25)15-6-3-5-14(11-15)13-23/h3,5-8,11-12H,2,4,9-10H2,1H3,(H,24,25). The van der Waals surface area contributed by atoms with Gasteiger partial charge in [-0.2, -0.15) is 5.26 Å². The zero-order chi connectivity index (χ0) is 19.4. The lowest BCUT2D eigenvalue weighted by molar-refractivity contribution is -0.153. The van der Waals surface area contributed by atoms with Gasteiger partial charge in [0.05, 0.1) is 29.3 Å². The average molecular weight is 366 g/mol. The average Bonchev–Trinajstić information content (AvgIpc) is 2.63. The summed E-state index contributed by atoms with van der Waals surface area (Å²) in [6.45, 7) is 2.02. The molecule has 0 bridgehead atoms. The molecule has 3 rings (SSSR count). The molecular formula is C21H19FN2O3. The topological polar surface area (TPSA) is 79.2 Å². The van der Waals surface area contributed by atoms with E-state index in [1.807, 2.05) is 6.07 Å². The number of amides is 1. The lowest BCUT2D eigenvalue weighted by Gasteiger charge is -2.39. The Morgan fingerprint density at radius 1 is 1.26 bits per heavy atom. The van der Waals surface area contributed by atoms with E-state index in [0.717, 1.165) is 6.42 Å². The molecule has 0 radical (unpaired) electrons. The van der Waals surface area contributed by atoms with Gasteiger partial charge in [0.25, 0.3) is 5.91 Å². The zero-order valence-electron chi connectivity index (χ0n) is 14.9. The number of nitriles is 1. The van der Waals surface area contributed by atoms with E-state index < -0.39 is 17.1 Å². The summed E-state index contributed by atoms with van der Waals surface area (Å²) >= 11 is 0. The zero-order valence-corrected chi connectivity index (χ0v) is 14.9. The molecule has 2 aromatic rings. The highest BCUT2D eigenvalue weighted by atomic mass is 19.1. The van der Waals surface area contributed by atoms with E-state index in [2.05, 4.69) is 5.32 Å². The molecule has 6 heteroatoms. The van der Waals surface area contributed by atoms with Crippen molar-refractivity contribution in [2.24, 2.45) is 0 Å². The van der Waals surface area contributed by atoms with Crippen LogP contribution in [0.1, 0.15) is 47.7 Å². The van der Waals surface area contributed by atoms with Crippen molar-refractivity contribution in [3.05, 3.63) is 65.0 Å². The number of hydrogen-bond donors (Lipinski definition) is 1. The fraction of sp³-hybridized carbons (Fsp3) is 0.286. The second-order valence-electron chi connectivity index (χ2n) is 6.50. The Balaban J connectivity index is 1.82. The monoisotopic (exact) mass is 366 g/mol. The van der Waals surface area contributed by atoms with Crippen LogP contribution in [0.5, 0.6) is 0 Å². The molecule has 2 aromatic carbocycles. The van der Waals surface area contributed by atoms with Crippen molar-refractivity contribution in [2.75, 3.05) is 11.9 Å². The normalized spacial score (nSPS) is 14.6. The third-order valence-corrected chi connectivity index (χ3v) is 4.90. The van der Waals surface area contributed by atoms with E-state index in [1.54, 1.807) is 31.2 Å². The molecule has 0 spiro atoms. The summed E-state index contributed by atoms with van der Waals surface area (Å²) in [5, 5.41) is 11.4. The van der Waals surface area contributed by atoms with Crippen LogP contribution in [0.25, 0.3) is 0 Å². The second-order valence-corrected chi connectivity index (χ2v) is 6.50. The molecule has 1 aliphatic carbocycles. The van der Waals surface area contributed by atoms with Gasteiger partial charge < -0.3 is 10.1 Å². The number of esters is 1. The molecular weight excluding hydrogens is 347 g/mol. The van der Waals surface area contributed by atoms with Crippen LogP contribution >= 0.6 is 0 Å². The highest BCUT2D eigenvalue weighted by molar-refractivity contribution is 6.04. The highest BCUT2D eigenvalue weighted by Crippen LogP contribution is 2.45. The molecule has 138 valence electrons. The van der Waals surface area contributed by atoms with Crippen LogP contribution in [0, 0.1) is 17.1 Å². The maximum atomic E-state index is 14.6. The van der Waals surface area contributed by atoms with Crippen molar-refractivity contribution in [2.45, 2.75) is 31.6 Å². The SMILES string of the molecule is CCOC(=O)C1(c2ccc(NC(=O)c3cccc(C#N)c3)c(F)c2)CCC1. The van der Waals surface area contributed by atoms with E-state index in [0.29, 0.717) is 24.0 Å². The first kappa shape index (κ1) is 18.6. The van der Waals surface area contributed by atoms with Crippen molar-refractivity contribution in [3.8, 4) is 6.07 Å². The predicted molar refractivity (Wildman–Crippen MR) is 97.7 cm³/mol. The summed E-state index contributed by atoms with van der Waals surface area (Å²) < 4.78 is 19.8. The van der Waals surface area contributed by atoms with Crippen LogP contribution in [0.3, 0.4) is 0 Å². The number of nitrogens with one attached hydrogen (secondary N) is 1. The van der Waals surface area contributed by atoms with Gasteiger partial charge in [-0.15, -0.1) is 0 Å². The summed E-state index contributed by atoms with van der Waals surface area (Å²) in [4.78, 5) is 24.6. The maximum absolute atomic E-state index is 14.6. The molecule has 1 N–H and O–H groups in total. The maximum Gasteiger partial charge on any atom is 0.316 e. The van der Waals surface area contributed by atoms with Gasteiger partial charge in [-0.05, 0) is 55.7 Å². The van der Waals surface area contributed by atoms with Gasteiger partial charge in [-0.1, -0.05) is 18.6 Å². The largest absolute Gasteiger partial charge is 0.465 e. The third-order valence-electron chi connectivity index (χ3n) is 4.90. The van der Waals surface area contributed by atoms with Crippen molar-refractivity contribution >= 4 is 17.6 Å². The van der Waals surface area contributed by atoms with Gasteiger partial charge in [0.1, 0.15) is 5.82 Å². The van der Waals surface area contributed by atoms with Gasteiger partial charge in [-0.3, -0.25) is 9.59 Å². The second kappa shape index (κ2) is 7.58. The van der Waals surface area contributed by atoms with E-state index in [9.17, 15) is 14.0 Å². The predicted octanol–water partition coefficient (Wildman–Crippen LogP) is 3.93. The Bertz CT molecular complexity index is 929. The number of carbonyl (C=O) groups is 2. The molecule has 1 aliphatic rings. The van der Waals surface area contributed by atoms with E-state index in [4.69, 9.17) is 10.00 Å². The molecule has 1 saturated carbocycles. The van der Waals surface area contributed by atoms with Crippen molar-refractivity contribution in [1.82, 2.24) is 0 Å². The molecule has 0 saturated heterocycles. The van der Waals surface area contributed by atoms with Crippen molar-refractivity contribution < 1.29 is 18.7 Å². The highest BCUT2D eigenvalue weighted by Gasteiger charge is 2.47. The van der Waals surface area contributed by atoms with E-state index in [-0.39, 0.29) is 23.8 Å². The van der Waals surface area contributed by atoms with Gasteiger partial charge in [0.2, 0.25) is 0 Å². The molecule has 27 heavy (non-hydrogen) atoms. The number of carbonyl (C=O) groups excluding carboxylic acids is 2. The van der Waals surface area contributed by atoms with Gasteiger partial charge in [0, 0.05) is 5.56 Å². The minimum atomic E-state index is -0.791. The minimum Gasteiger partial charge on any atom is -0.465 e. The number of hydrogen-bond acceptors (Lipinski definition) is 4. The van der Waals surface area contributed by atoms with Crippen LogP contribution in [0.2, 0.25) is 0 Å². The Morgan fingerprint density at radius 3 is 2.63 bits per heavy atom. The number of nitrogens with zero attached hydrogens (tertiary/aromatic N) is 1. The molecule has 1 fully saturated rings. The molecule has 0 heterocycles. The Morgan fingerprint density at radius 2 is 2.04 bits per heavy atom. The van der Waals surface area contributed by atoms with Crippen molar-refractivity contribution in [1.29, 1.82) is 5.26 Å². The quantitative estimate of drug-likeness (QED) is 0.813. The van der Waals surface area contributed by atoms with Gasteiger partial charge >= 0.3 is 5.97 Å². The number of benzene rings is 2. The molecule has 0 unspecified atom stereocenters. The van der Waals surface area contributed by atoms with Crippen LogP contribution in [-0.4, -0.2) is 18.5 Å². The summed E-state index contributed by atoms with van der Waals surface area (Å²) in [5.74, 6) is -1.46. The van der Waals surface area contributed by atoms with Crippen LogP contribution in [0.15, 0.2) is 42.5 Å². The van der Waals surface area contributed by atoms with Crippen LogP contribution in [0.4, 0.5) is 10.1 Å². The number of halogens is 1. The first-order chi connectivity index (χ1) is 13.0. The Hall–Kier alpha value is -3.20. The summed E-state index contributed by atoms with van der Waals surface area (Å²) in [6.07, 6.45) is 2.13. The lowest BCUT2D eigenvalue weighted by Crippen LogP contribution is -2.43. The smallest absolute Gasteiger partial charge is 0.316 e. The van der Waals surface area contributed by atoms with Gasteiger partial charge in [0.15, 0.2) is 0 Å². The molecule has 0 atom stereocenters. The van der Waals surface area contributed by atoms with Crippen LogP contribution < -0.4 is 5.32 Å². The number of anilines is 1. The minimum absolute atomic E-state index is 0.0180.